The Morgan fingerprint density at radius 1 is 1.44 bits per heavy atom. The number of ether oxygens (including phenoxy) is 1. The molecule has 2 heterocycles. The second-order valence-electron chi connectivity index (χ2n) is 5.04. The van der Waals surface area contributed by atoms with Gasteiger partial charge < -0.3 is 10.1 Å². The van der Waals surface area contributed by atoms with Gasteiger partial charge in [-0.25, -0.2) is 0 Å². The monoisotopic (exact) mass is 285 g/mol. The Morgan fingerprint density at radius 3 is 3.06 bits per heavy atom. The van der Waals surface area contributed by atoms with E-state index in [1.165, 1.54) is 30.8 Å². The molecule has 0 aromatic carbocycles. The van der Waals surface area contributed by atoms with Gasteiger partial charge in [0.05, 0.1) is 11.4 Å². The van der Waals surface area contributed by atoms with Crippen LogP contribution in [-0.4, -0.2) is 47.8 Å². The van der Waals surface area contributed by atoms with Gasteiger partial charge in [-0.2, -0.15) is 11.8 Å². The number of rotatable bonds is 5. The fraction of sp³-hybridized carbons (Fsp3) is 0.857. The summed E-state index contributed by atoms with van der Waals surface area (Å²) in [5, 5.41) is 3.68. The average molecular weight is 285 g/mol. The minimum atomic E-state index is 0.202. The summed E-state index contributed by atoms with van der Waals surface area (Å²) in [6.07, 6.45) is 10.1. The normalized spacial score (nSPS) is 26.9. The summed E-state index contributed by atoms with van der Waals surface area (Å²) in [5.41, 5.74) is 0.202. The van der Waals surface area contributed by atoms with Gasteiger partial charge in [0.1, 0.15) is 0 Å². The number of thioether (sulfide) groups is 2. The summed E-state index contributed by atoms with van der Waals surface area (Å²) in [4.78, 5) is 0. The van der Waals surface area contributed by atoms with Crippen molar-refractivity contribution in [2.24, 2.45) is 0 Å². The van der Waals surface area contributed by atoms with E-state index in [9.17, 15) is 0 Å². The molecule has 1 unspecified atom stereocenters. The summed E-state index contributed by atoms with van der Waals surface area (Å²) in [7, 11) is 0. The smallest absolute Gasteiger partial charge is 0.0713 e. The van der Waals surface area contributed by atoms with Crippen molar-refractivity contribution >= 4 is 23.5 Å². The van der Waals surface area contributed by atoms with E-state index in [0.29, 0.717) is 6.04 Å². The van der Waals surface area contributed by atoms with Gasteiger partial charge in [0.25, 0.3) is 0 Å². The molecule has 0 aliphatic carbocycles. The Morgan fingerprint density at radius 2 is 2.28 bits per heavy atom. The molecule has 0 aromatic heterocycles. The lowest BCUT2D eigenvalue weighted by atomic mass is 9.85. The molecule has 2 saturated heterocycles. The number of hydrogen-bond donors (Lipinski definition) is 1. The van der Waals surface area contributed by atoms with Gasteiger partial charge in [-0.1, -0.05) is 5.92 Å². The summed E-state index contributed by atoms with van der Waals surface area (Å²) in [6, 6.07) is 0.647. The lowest BCUT2D eigenvalue weighted by Crippen LogP contribution is -2.49. The first-order chi connectivity index (χ1) is 8.85. The maximum Gasteiger partial charge on any atom is 0.0713 e. The molecule has 0 radical (unpaired) electrons. The third-order valence-electron chi connectivity index (χ3n) is 3.76. The van der Waals surface area contributed by atoms with E-state index in [2.05, 4.69) is 23.0 Å². The molecule has 0 amide bonds. The molecule has 2 fully saturated rings. The number of terminal acetylenes is 1. The first-order valence-electron chi connectivity index (χ1n) is 6.81. The molecule has 1 spiro atoms. The van der Waals surface area contributed by atoms with E-state index in [-0.39, 0.29) is 5.60 Å². The summed E-state index contributed by atoms with van der Waals surface area (Å²) in [6.45, 7) is 2.00. The second-order valence-corrected chi connectivity index (χ2v) is 7.37. The van der Waals surface area contributed by atoms with Crippen molar-refractivity contribution in [3.05, 3.63) is 0 Å². The van der Waals surface area contributed by atoms with Gasteiger partial charge in [0, 0.05) is 24.9 Å². The van der Waals surface area contributed by atoms with E-state index >= 15 is 0 Å². The molecule has 18 heavy (non-hydrogen) atoms. The van der Waals surface area contributed by atoms with Crippen LogP contribution in [0.3, 0.4) is 0 Å². The van der Waals surface area contributed by atoms with Crippen molar-refractivity contribution in [3.8, 4) is 12.3 Å². The standard InChI is InChI=1S/C14H23NOS2/c1-2-8-17-11-6-15-13-3-7-16-14(12-13)4-9-18-10-5-14/h1,13,15H,3-12H2. The zero-order chi connectivity index (χ0) is 12.7. The first-order valence-corrected chi connectivity index (χ1v) is 9.12. The van der Waals surface area contributed by atoms with Gasteiger partial charge in [-0.15, -0.1) is 18.2 Å². The molecule has 2 aliphatic rings. The minimum absolute atomic E-state index is 0.202. The lowest BCUT2D eigenvalue weighted by molar-refractivity contribution is -0.0929. The molecule has 4 heteroatoms. The van der Waals surface area contributed by atoms with Gasteiger partial charge >= 0.3 is 0 Å². The molecule has 0 saturated carbocycles. The summed E-state index contributed by atoms with van der Waals surface area (Å²) in [5.74, 6) is 7.15. The van der Waals surface area contributed by atoms with Crippen molar-refractivity contribution in [1.82, 2.24) is 5.32 Å². The topological polar surface area (TPSA) is 21.3 Å². The zero-order valence-electron chi connectivity index (χ0n) is 11.0. The van der Waals surface area contributed by atoms with Crippen LogP contribution in [0.5, 0.6) is 0 Å². The Bertz CT molecular complexity index is 278. The lowest BCUT2D eigenvalue weighted by Gasteiger charge is -2.43. The zero-order valence-corrected chi connectivity index (χ0v) is 12.6. The predicted octanol–water partition coefficient (Wildman–Crippen LogP) is 2.39. The second kappa shape index (κ2) is 7.69. The maximum absolute atomic E-state index is 6.10. The molecule has 0 aromatic rings. The highest BCUT2D eigenvalue weighted by molar-refractivity contribution is 7.99. The van der Waals surface area contributed by atoms with Crippen molar-refractivity contribution in [2.75, 3.05) is 36.2 Å². The van der Waals surface area contributed by atoms with Crippen LogP contribution in [-0.2, 0) is 4.74 Å². The van der Waals surface area contributed by atoms with Crippen LogP contribution < -0.4 is 5.32 Å². The third kappa shape index (κ3) is 4.38. The van der Waals surface area contributed by atoms with E-state index in [1.54, 1.807) is 0 Å². The molecule has 1 N–H and O–H groups in total. The van der Waals surface area contributed by atoms with Crippen LogP contribution in [0.15, 0.2) is 0 Å². The Hall–Kier alpha value is 0.180. The third-order valence-corrected chi connectivity index (χ3v) is 5.61. The highest BCUT2D eigenvalue weighted by Gasteiger charge is 2.38. The highest BCUT2D eigenvalue weighted by Crippen LogP contribution is 2.37. The van der Waals surface area contributed by atoms with Gasteiger partial charge in [-0.05, 0) is 37.2 Å². The Labute approximate surface area is 119 Å². The van der Waals surface area contributed by atoms with Gasteiger partial charge in [0.15, 0.2) is 0 Å². The summed E-state index contributed by atoms with van der Waals surface area (Å²) >= 11 is 3.90. The molecule has 0 bridgehead atoms. The van der Waals surface area contributed by atoms with Crippen LogP contribution >= 0.6 is 23.5 Å². The van der Waals surface area contributed by atoms with Gasteiger partial charge in [-0.3, -0.25) is 0 Å². The Balaban J connectivity index is 1.68. The molecular weight excluding hydrogens is 262 g/mol. The fourth-order valence-electron chi connectivity index (χ4n) is 2.76. The quantitative estimate of drug-likeness (QED) is 0.618. The molecule has 2 nitrogen and oxygen atoms in total. The van der Waals surface area contributed by atoms with E-state index in [4.69, 9.17) is 11.2 Å². The molecule has 2 rings (SSSR count). The van der Waals surface area contributed by atoms with Crippen LogP contribution in [0.2, 0.25) is 0 Å². The largest absolute Gasteiger partial charge is 0.375 e. The SMILES string of the molecule is C#CCSCCNC1CCOC2(CCSCC2)C1. The summed E-state index contributed by atoms with van der Waals surface area (Å²) < 4.78 is 6.10. The predicted molar refractivity (Wildman–Crippen MR) is 82.4 cm³/mol. The van der Waals surface area contributed by atoms with Crippen molar-refractivity contribution < 1.29 is 4.74 Å². The van der Waals surface area contributed by atoms with Crippen molar-refractivity contribution in [1.29, 1.82) is 0 Å². The van der Waals surface area contributed by atoms with E-state index in [0.717, 1.165) is 31.1 Å². The highest BCUT2D eigenvalue weighted by atomic mass is 32.2. The van der Waals surface area contributed by atoms with Gasteiger partial charge in [0.2, 0.25) is 0 Å². The van der Waals surface area contributed by atoms with Crippen molar-refractivity contribution in [2.45, 2.75) is 37.3 Å². The van der Waals surface area contributed by atoms with Crippen molar-refractivity contribution in [3.63, 3.8) is 0 Å². The van der Waals surface area contributed by atoms with Crippen LogP contribution in [0, 0.1) is 12.3 Å². The van der Waals surface area contributed by atoms with E-state index in [1.807, 2.05) is 11.8 Å². The maximum atomic E-state index is 6.10. The molecule has 2 aliphatic heterocycles. The van der Waals surface area contributed by atoms with E-state index < -0.39 is 0 Å². The average Bonchev–Trinajstić information content (AvgIpc) is 2.40. The van der Waals surface area contributed by atoms with Crippen LogP contribution in [0.25, 0.3) is 0 Å². The molecular formula is C14H23NOS2. The number of hydrogen-bond acceptors (Lipinski definition) is 4. The Kier molecular flexibility index (Phi) is 6.23. The fourth-order valence-corrected chi connectivity index (χ4v) is 4.52. The van der Waals surface area contributed by atoms with Crippen LogP contribution in [0.4, 0.5) is 0 Å². The number of nitrogens with one attached hydrogen (secondary N) is 1. The molecule has 1 atom stereocenters. The molecule has 102 valence electrons. The van der Waals surface area contributed by atoms with Crippen LogP contribution in [0.1, 0.15) is 25.7 Å². The minimum Gasteiger partial charge on any atom is -0.375 e. The first kappa shape index (κ1) is 14.6.